The van der Waals surface area contributed by atoms with Gasteiger partial charge in [-0.15, -0.1) is 0 Å². The van der Waals surface area contributed by atoms with Crippen LogP contribution < -0.4 is 20.1 Å². The highest BCUT2D eigenvalue weighted by atomic mass is 16.6. The van der Waals surface area contributed by atoms with Gasteiger partial charge in [0.15, 0.2) is 5.75 Å². The van der Waals surface area contributed by atoms with Gasteiger partial charge < -0.3 is 34.3 Å². The predicted octanol–water partition coefficient (Wildman–Crippen LogP) is 6.93. The van der Waals surface area contributed by atoms with E-state index in [1.807, 2.05) is 87.8 Å². The molecule has 0 atom stereocenters. The van der Waals surface area contributed by atoms with E-state index in [2.05, 4.69) is 25.6 Å². The van der Waals surface area contributed by atoms with E-state index in [0.717, 1.165) is 69.0 Å². The van der Waals surface area contributed by atoms with Gasteiger partial charge in [-0.25, -0.2) is 19.7 Å². The molecule has 1 saturated heterocycles. The maximum Gasteiger partial charge on any atom is 0.410 e. The fraction of sp³-hybridized carbons (Fsp3) is 0.353. The van der Waals surface area contributed by atoms with Crippen molar-refractivity contribution in [3.63, 3.8) is 0 Å². The second-order valence-electron chi connectivity index (χ2n) is 12.9. The number of nitrogens with zero attached hydrogens (tertiary/aromatic N) is 5. The van der Waals surface area contributed by atoms with Crippen LogP contribution in [0.5, 0.6) is 17.2 Å². The summed E-state index contributed by atoms with van der Waals surface area (Å²) in [6.07, 6.45) is 4.59. The number of nitrogens with one attached hydrogen (secondary N) is 2. The van der Waals surface area contributed by atoms with Crippen LogP contribution in [0.1, 0.15) is 39.2 Å². The smallest absolute Gasteiger partial charge is 0.410 e. The normalized spacial score (nSPS) is 15.8. The Kier molecular flexibility index (Phi) is 6.91. The van der Waals surface area contributed by atoms with Gasteiger partial charge in [0, 0.05) is 31.9 Å². The minimum Gasteiger partial charge on any atom is -0.488 e. The van der Waals surface area contributed by atoms with Crippen molar-refractivity contribution in [2.45, 2.75) is 51.7 Å². The zero-order valence-corrected chi connectivity index (χ0v) is 26.2. The first-order valence-electron chi connectivity index (χ1n) is 15.2. The Morgan fingerprint density at radius 1 is 1.02 bits per heavy atom. The van der Waals surface area contributed by atoms with Crippen LogP contribution in [0.3, 0.4) is 0 Å². The molecule has 3 aromatic carbocycles. The topological polar surface area (TPSA) is 116 Å². The molecular formula is C34H37N7O4. The van der Waals surface area contributed by atoms with Gasteiger partial charge in [-0.3, -0.25) is 0 Å². The number of piperidine rings is 1. The second-order valence-corrected chi connectivity index (χ2v) is 12.9. The van der Waals surface area contributed by atoms with E-state index in [1.54, 1.807) is 17.6 Å². The van der Waals surface area contributed by atoms with Crippen molar-refractivity contribution in [3.05, 3.63) is 66.7 Å². The highest BCUT2D eigenvalue weighted by Crippen LogP contribution is 2.44. The molecule has 2 aliphatic heterocycles. The first-order chi connectivity index (χ1) is 21.6. The number of aryl methyl sites for hydroxylation is 2. The molecule has 232 valence electrons. The van der Waals surface area contributed by atoms with Crippen molar-refractivity contribution in [1.82, 2.24) is 24.4 Å². The van der Waals surface area contributed by atoms with Gasteiger partial charge in [-0.05, 0) is 88.6 Å². The molecule has 0 radical (unpaired) electrons. The van der Waals surface area contributed by atoms with E-state index in [4.69, 9.17) is 14.2 Å². The number of ether oxygens (including phenoxy) is 3. The summed E-state index contributed by atoms with van der Waals surface area (Å²) in [6.45, 7) is 9.35. The Bertz CT molecular complexity index is 1920. The summed E-state index contributed by atoms with van der Waals surface area (Å²) in [6, 6.07) is 15.8. The van der Waals surface area contributed by atoms with Crippen LogP contribution in [0.2, 0.25) is 0 Å². The SMILES string of the molecule is Cc1cc(Nc2ncnc3ccc4c(c23)OCC2(CCN(C(=O)OC(C)(C)C)CC2)N4)ccc1Oc1ccc2c(c1)ncn2C. The average molecular weight is 608 g/mol. The lowest BCUT2D eigenvalue weighted by atomic mass is 9.86. The van der Waals surface area contributed by atoms with Crippen LogP contribution in [0.25, 0.3) is 21.9 Å². The predicted molar refractivity (Wildman–Crippen MR) is 174 cm³/mol. The number of carbonyl (C=O) groups excluding carboxylic acids is 1. The van der Waals surface area contributed by atoms with Crippen LogP contribution in [-0.4, -0.2) is 61.3 Å². The van der Waals surface area contributed by atoms with Crippen molar-refractivity contribution in [1.29, 1.82) is 0 Å². The molecule has 1 spiro atoms. The number of anilines is 3. The summed E-state index contributed by atoms with van der Waals surface area (Å²) < 4.78 is 20.3. The summed E-state index contributed by atoms with van der Waals surface area (Å²) >= 11 is 0. The van der Waals surface area contributed by atoms with E-state index in [0.29, 0.717) is 25.5 Å². The minimum absolute atomic E-state index is 0.267. The lowest BCUT2D eigenvalue weighted by Crippen LogP contribution is -2.55. The van der Waals surface area contributed by atoms with Crippen molar-refractivity contribution < 1.29 is 19.0 Å². The number of hydrogen-bond donors (Lipinski definition) is 2. The molecule has 2 N–H and O–H groups in total. The number of benzene rings is 3. The Hall–Kier alpha value is -5.06. The lowest BCUT2D eigenvalue weighted by Gasteiger charge is -2.45. The molecule has 0 unspecified atom stereocenters. The number of carbonyl (C=O) groups is 1. The molecule has 4 heterocycles. The van der Waals surface area contributed by atoms with Gasteiger partial charge in [0.2, 0.25) is 0 Å². The third-order valence-corrected chi connectivity index (χ3v) is 8.38. The van der Waals surface area contributed by atoms with Gasteiger partial charge in [0.1, 0.15) is 35.9 Å². The third kappa shape index (κ3) is 5.65. The van der Waals surface area contributed by atoms with Gasteiger partial charge in [0.25, 0.3) is 0 Å². The standard InChI is InChI=1S/C34H37N7O4/c1-21-16-22(6-11-28(21)44-23-7-10-27-26(17-23)37-20-40(27)5)38-31-29-24(35-19-36-31)8-9-25-30(29)43-18-34(39-25)12-14-41(15-13-34)32(42)45-33(2,3)4/h6-11,16-17,19-20,39H,12-15,18H2,1-5H3,(H,35,36,38). The van der Waals surface area contributed by atoms with E-state index < -0.39 is 5.60 Å². The summed E-state index contributed by atoms with van der Waals surface area (Å²) in [5, 5.41) is 8.03. The molecule has 0 bridgehead atoms. The third-order valence-electron chi connectivity index (χ3n) is 8.38. The number of imidazole rings is 1. The molecule has 2 aromatic heterocycles. The van der Waals surface area contributed by atoms with Crippen molar-refractivity contribution in [2.75, 3.05) is 30.3 Å². The molecule has 11 nitrogen and oxygen atoms in total. The molecule has 11 heteroatoms. The number of hydrogen-bond acceptors (Lipinski definition) is 9. The van der Waals surface area contributed by atoms with Crippen molar-refractivity contribution in [3.8, 4) is 17.2 Å². The lowest BCUT2D eigenvalue weighted by molar-refractivity contribution is 0.0150. The Balaban J connectivity index is 1.09. The summed E-state index contributed by atoms with van der Waals surface area (Å²) in [4.78, 5) is 27.9. The Morgan fingerprint density at radius 2 is 1.84 bits per heavy atom. The molecule has 7 rings (SSSR count). The largest absolute Gasteiger partial charge is 0.488 e. The molecule has 1 fully saturated rings. The van der Waals surface area contributed by atoms with Crippen LogP contribution in [0.15, 0.2) is 61.2 Å². The number of rotatable bonds is 4. The minimum atomic E-state index is -0.517. The summed E-state index contributed by atoms with van der Waals surface area (Å²) in [5.74, 6) is 2.87. The van der Waals surface area contributed by atoms with Crippen LogP contribution in [0, 0.1) is 6.92 Å². The number of likely N-dealkylation sites (tertiary alicyclic amines) is 1. The van der Waals surface area contributed by atoms with E-state index in [9.17, 15) is 4.79 Å². The van der Waals surface area contributed by atoms with Gasteiger partial charge in [-0.1, -0.05) is 0 Å². The van der Waals surface area contributed by atoms with Crippen LogP contribution in [-0.2, 0) is 11.8 Å². The van der Waals surface area contributed by atoms with Gasteiger partial charge in [-0.2, -0.15) is 0 Å². The van der Waals surface area contributed by atoms with Crippen LogP contribution in [0.4, 0.5) is 22.0 Å². The molecule has 1 amide bonds. The summed E-state index contributed by atoms with van der Waals surface area (Å²) in [5.41, 5.74) is 4.67. The highest BCUT2D eigenvalue weighted by Gasteiger charge is 2.41. The molecular weight excluding hydrogens is 570 g/mol. The van der Waals surface area contributed by atoms with E-state index in [-0.39, 0.29) is 11.6 Å². The molecule has 2 aliphatic rings. The van der Waals surface area contributed by atoms with Crippen LogP contribution >= 0.6 is 0 Å². The number of fused-ring (bicyclic) bond motifs is 4. The summed E-state index contributed by atoms with van der Waals surface area (Å²) in [7, 11) is 1.97. The first kappa shape index (κ1) is 28.7. The Labute approximate surface area is 261 Å². The number of amides is 1. The number of aromatic nitrogens is 4. The zero-order chi connectivity index (χ0) is 31.3. The average Bonchev–Trinajstić information content (AvgIpc) is 3.37. The van der Waals surface area contributed by atoms with Gasteiger partial charge in [0.05, 0.1) is 39.5 Å². The molecule has 0 aliphatic carbocycles. The highest BCUT2D eigenvalue weighted by molar-refractivity contribution is 6.00. The zero-order valence-electron chi connectivity index (χ0n) is 26.2. The van der Waals surface area contributed by atoms with E-state index in [1.165, 1.54) is 0 Å². The quantitative estimate of drug-likeness (QED) is 0.224. The maximum absolute atomic E-state index is 12.6. The Morgan fingerprint density at radius 3 is 2.62 bits per heavy atom. The molecule has 45 heavy (non-hydrogen) atoms. The second kappa shape index (κ2) is 10.8. The monoisotopic (exact) mass is 607 g/mol. The van der Waals surface area contributed by atoms with Gasteiger partial charge >= 0.3 is 6.09 Å². The fourth-order valence-corrected chi connectivity index (χ4v) is 6.00. The first-order valence-corrected chi connectivity index (χ1v) is 15.2. The van der Waals surface area contributed by atoms with E-state index >= 15 is 0 Å². The molecule has 0 saturated carbocycles. The molecule has 5 aromatic rings. The maximum atomic E-state index is 12.6. The fourth-order valence-electron chi connectivity index (χ4n) is 6.00. The van der Waals surface area contributed by atoms with Crippen molar-refractivity contribution in [2.24, 2.45) is 7.05 Å². The van der Waals surface area contributed by atoms with Crippen molar-refractivity contribution >= 4 is 45.2 Å².